The molecule has 2 nitrogen and oxygen atoms in total. The largest absolute Gasteiger partial charge is 0.349 e. The maximum Gasteiger partial charge on any atom is 0.172 e. The molecule has 1 aliphatic carbocycles. The van der Waals surface area contributed by atoms with E-state index in [0.29, 0.717) is 41.4 Å². The first kappa shape index (κ1) is 17.2. The zero-order chi connectivity index (χ0) is 16.6. The Morgan fingerprint density at radius 1 is 1.26 bits per heavy atom. The number of ether oxygens (including phenoxy) is 2. The summed E-state index contributed by atoms with van der Waals surface area (Å²) in [5.41, 5.74) is 0.595. The van der Waals surface area contributed by atoms with Gasteiger partial charge in [0.25, 0.3) is 0 Å². The predicted octanol–water partition coefficient (Wildman–Crippen LogP) is 5.75. The summed E-state index contributed by atoms with van der Waals surface area (Å²) in [5.74, 6) is 0.553. The SMILES string of the molecule is CC(C)[C@@H]1CC[C@@H](C)C[C@@]12OCC[C@H](c1ccc(Cl)cc1F)O2. The molecule has 1 saturated carbocycles. The molecule has 0 unspecified atom stereocenters. The Morgan fingerprint density at radius 3 is 2.74 bits per heavy atom. The van der Waals surface area contributed by atoms with Crippen LogP contribution in [-0.4, -0.2) is 12.4 Å². The summed E-state index contributed by atoms with van der Waals surface area (Å²) in [5, 5.41) is 0.416. The van der Waals surface area contributed by atoms with E-state index in [1.165, 1.54) is 12.5 Å². The summed E-state index contributed by atoms with van der Waals surface area (Å²) in [6.07, 6.45) is 3.63. The van der Waals surface area contributed by atoms with Crippen molar-refractivity contribution in [1.82, 2.24) is 0 Å². The molecule has 1 heterocycles. The van der Waals surface area contributed by atoms with Crippen molar-refractivity contribution in [2.24, 2.45) is 17.8 Å². The molecule has 0 amide bonds. The molecule has 0 aromatic heterocycles. The lowest BCUT2D eigenvalue weighted by molar-refractivity contribution is -0.341. The molecular weight excluding hydrogens is 315 g/mol. The Bertz CT molecular complexity index is 562. The molecule has 128 valence electrons. The summed E-state index contributed by atoms with van der Waals surface area (Å²) in [7, 11) is 0. The van der Waals surface area contributed by atoms with Crippen molar-refractivity contribution in [3.63, 3.8) is 0 Å². The van der Waals surface area contributed by atoms with Gasteiger partial charge in [-0.05, 0) is 30.4 Å². The van der Waals surface area contributed by atoms with E-state index < -0.39 is 5.79 Å². The van der Waals surface area contributed by atoms with E-state index >= 15 is 0 Å². The van der Waals surface area contributed by atoms with Gasteiger partial charge in [0.1, 0.15) is 5.82 Å². The van der Waals surface area contributed by atoms with Crippen LogP contribution in [0.4, 0.5) is 4.39 Å². The molecule has 1 aromatic rings. The quantitative estimate of drug-likeness (QED) is 0.682. The van der Waals surface area contributed by atoms with Crippen LogP contribution in [-0.2, 0) is 9.47 Å². The maximum absolute atomic E-state index is 14.3. The second-order valence-corrected chi connectivity index (χ2v) is 7.89. The third kappa shape index (κ3) is 3.42. The van der Waals surface area contributed by atoms with Gasteiger partial charge in [-0.25, -0.2) is 4.39 Å². The Balaban J connectivity index is 1.88. The average Bonchev–Trinajstić information content (AvgIpc) is 2.46. The van der Waals surface area contributed by atoms with Crippen LogP contribution in [0, 0.1) is 23.6 Å². The van der Waals surface area contributed by atoms with Gasteiger partial charge < -0.3 is 9.47 Å². The van der Waals surface area contributed by atoms with Crippen molar-refractivity contribution < 1.29 is 13.9 Å². The van der Waals surface area contributed by atoms with E-state index in [1.54, 1.807) is 12.1 Å². The third-order valence-electron chi connectivity index (χ3n) is 5.35. The highest BCUT2D eigenvalue weighted by molar-refractivity contribution is 6.30. The molecule has 0 bridgehead atoms. The van der Waals surface area contributed by atoms with Crippen LogP contribution in [0.25, 0.3) is 0 Å². The topological polar surface area (TPSA) is 18.5 Å². The van der Waals surface area contributed by atoms with Gasteiger partial charge in [-0.1, -0.05) is 44.9 Å². The van der Waals surface area contributed by atoms with Gasteiger partial charge >= 0.3 is 0 Å². The molecule has 1 spiro atoms. The summed E-state index contributed by atoms with van der Waals surface area (Å²) >= 11 is 5.88. The van der Waals surface area contributed by atoms with Crippen molar-refractivity contribution >= 4 is 11.6 Å². The molecule has 1 saturated heterocycles. The second-order valence-electron chi connectivity index (χ2n) is 7.46. The lowest BCUT2D eigenvalue weighted by Crippen LogP contribution is -2.53. The minimum Gasteiger partial charge on any atom is -0.349 e. The Morgan fingerprint density at radius 2 is 2.04 bits per heavy atom. The van der Waals surface area contributed by atoms with Crippen molar-refractivity contribution in [1.29, 1.82) is 0 Å². The Labute approximate surface area is 143 Å². The van der Waals surface area contributed by atoms with Gasteiger partial charge in [-0.2, -0.15) is 0 Å². The minimum atomic E-state index is -0.569. The van der Waals surface area contributed by atoms with Gasteiger partial charge in [0.15, 0.2) is 5.79 Å². The fraction of sp³-hybridized carbons (Fsp3) is 0.684. The summed E-state index contributed by atoms with van der Waals surface area (Å²) in [6.45, 7) is 7.31. The van der Waals surface area contributed by atoms with Crippen molar-refractivity contribution in [3.8, 4) is 0 Å². The molecule has 0 N–H and O–H groups in total. The molecule has 1 aliphatic heterocycles. The van der Waals surface area contributed by atoms with E-state index in [9.17, 15) is 4.39 Å². The van der Waals surface area contributed by atoms with Crippen LogP contribution < -0.4 is 0 Å². The number of rotatable bonds is 2. The summed E-state index contributed by atoms with van der Waals surface area (Å²) < 4.78 is 27.0. The molecule has 4 atom stereocenters. The van der Waals surface area contributed by atoms with Crippen LogP contribution in [0.1, 0.15) is 58.1 Å². The number of hydrogen-bond acceptors (Lipinski definition) is 2. The molecule has 2 aliphatic rings. The summed E-state index contributed by atoms with van der Waals surface area (Å²) in [4.78, 5) is 0. The Hall–Kier alpha value is -0.640. The minimum absolute atomic E-state index is 0.257. The lowest BCUT2D eigenvalue weighted by Gasteiger charge is -2.51. The standard InChI is InChI=1S/C19H26ClFO2/c1-12(2)16-7-4-13(3)11-19(16)22-9-8-18(23-19)15-6-5-14(20)10-17(15)21/h5-6,10,12-13,16,18H,4,7-9,11H2,1-3H3/t13-,16+,18-,19+/m1/s1. The molecule has 4 heteroatoms. The number of halogens is 2. The van der Waals surface area contributed by atoms with E-state index in [2.05, 4.69) is 20.8 Å². The third-order valence-corrected chi connectivity index (χ3v) is 5.59. The van der Waals surface area contributed by atoms with Crippen LogP contribution in [0.15, 0.2) is 18.2 Å². The molecule has 3 rings (SSSR count). The van der Waals surface area contributed by atoms with Crippen LogP contribution in [0.2, 0.25) is 5.02 Å². The normalized spacial score (nSPS) is 35.0. The highest BCUT2D eigenvalue weighted by atomic mass is 35.5. The number of hydrogen-bond donors (Lipinski definition) is 0. The van der Waals surface area contributed by atoms with E-state index in [4.69, 9.17) is 21.1 Å². The highest BCUT2D eigenvalue weighted by Crippen LogP contribution is 2.49. The smallest absolute Gasteiger partial charge is 0.172 e. The Kier molecular flexibility index (Phi) is 5.01. The van der Waals surface area contributed by atoms with E-state index in [-0.39, 0.29) is 11.9 Å². The highest BCUT2D eigenvalue weighted by Gasteiger charge is 2.50. The average molecular weight is 341 g/mol. The van der Waals surface area contributed by atoms with E-state index in [1.807, 2.05) is 0 Å². The molecule has 1 aromatic carbocycles. The zero-order valence-corrected chi connectivity index (χ0v) is 14.9. The first-order valence-electron chi connectivity index (χ1n) is 8.68. The summed E-state index contributed by atoms with van der Waals surface area (Å²) in [6, 6.07) is 4.85. The monoisotopic (exact) mass is 340 g/mol. The molecule has 23 heavy (non-hydrogen) atoms. The lowest BCUT2D eigenvalue weighted by atomic mass is 9.72. The van der Waals surface area contributed by atoms with Crippen molar-refractivity contribution in [2.45, 2.75) is 58.3 Å². The second kappa shape index (κ2) is 6.70. The molecule has 0 radical (unpaired) electrons. The van der Waals surface area contributed by atoms with Crippen molar-refractivity contribution in [2.75, 3.05) is 6.61 Å². The first-order valence-corrected chi connectivity index (χ1v) is 9.06. The van der Waals surface area contributed by atoms with Crippen LogP contribution >= 0.6 is 11.6 Å². The predicted molar refractivity (Wildman–Crippen MR) is 89.9 cm³/mol. The van der Waals surface area contributed by atoms with Gasteiger partial charge in [0, 0.05) is 29.3 Å². The fourth-order valence-corrected chi connectivity index (χ4v) is 4.38. The molecular formula is C19H26ClFO2. The first-order chi connectivity index (χ1) is 10.9. The van der Waals surface area contributed by atoms with Gasteiger partial charge in [-0.15, -0.1) is 0 Å². The van der Waals surface area contributed by atoms with Crippen LogP contribution in [0.5, 0.6) is 0 Å². The van der Waals surface area contributed by atoms with Gasteiger partial charge in [-0.3, -0.25) is 0 Å². The fourth-order valence-electron chi connectivity index (χ4n) is 4.22. The van der Waals surface area contributed by atoms with E-state index in [0.717, 1.165) is 12.8 Å². The van der Waals surface area contributed by atoms with Crippen molar-refractivity contribution in [3.05, 3.63) is 34.6 Å². The number of benzene rings is 1. The maximum atomic E-state index is 14.3. The van der Waals surface area contributed by atoms with Crippen LogP contribution in [0.3, 0.4) is 0 Å². The zero-order valence-electron chi connectivity index (χ0n) is 14.1. The van der Waals surface area contributed by atoms with Gasteiger partial charge in [0.2, 0.25) is 0 Å². The molecule has 2 fully saturated rings. The van der Waals surface area contributed by atoms with Gasteiger partial charge in [0.05, 0.1) is 12.7 Å².